The van der Waals surface area contributed by atoms with E-state index in [-0.39, 0.29) is 23.0 Å². The molecule has 0 aliphatic carbocycles. The van der Waals surface area contributed by atoms with Crippen molar-refractivity contribution < 1.29 is 17.9 Å². The Morgan fingerprint density at radius 1 is 0.971 bits per heavy atom. The number of nitrogens with zero attached hydrogens (tertiary/aromatic N) is 2. The van der Waals surface area contributed by atoms with Gasteiger partial charge in [-0.15, -0.1) is 0 Å². The molecule has 4 rings (SSSR count). The highest BCUT2D eigenvalue weighted by atomic mass is 32.2. The molecule has 2 aliphatic heterocycles. The molecular weight excluding hydrogens is 450 g/mol. The van der Waals surface area contributed by atoms with Crippen molar-refractivity contribution in [1.82, 2.24) is 9.21 Å². The molecule has 0 aromatic heterocycles. The first-order chi connectivity index (χ1) is 16.3. The third kappa shape index (κ3) is 6.24. The third-order valence-corrected chi connectivity index (χ3v) is 8.31. The van der Waals surface area contributed by atoms with Gasteiger partial charge in [-0.3, -0.25) is 9.69 Å². The number of rotatable bonds is 6. The Kier molecular flexibility index (Phi) is 8.03. The number of hydrogen-bond acceptors (Lipinski definition) is 5. The van der Waals surface area contributed by atoms with Crippen LogP contribution in [0.3, 0.4) is 0 Å². The molecule has 1 amide bonds. The van der Waals surface area contributed by atoms with E-state index >= 15 is 0 Å². The lowest BCUT2D eigenvalue weighted by atomic mass is 10.1. The monoisotopic (exact) mass is 485 g/mol. The Morgan fingerprint density at radius 2 is 1.62 bits per heavy atom. The van der Waals surface area contributed by atoms with Crippen molar-refractivity contribution >= 4 is 21.6 Å². The maximum absolute atomic E-state index is 13.1. The van der Waals surface area contributed by atoms with Gasteiger partial charge in [0.05, 0.1) is 17.1 Å². The third-order valence-electron chi connectivity index (χ3n) is 6.41. The van der Waals surface area contributed by atoms with E-state index in [0.717, 1.165) is 50.9 Å². The minimum atomic E-state index is -3.57. The first-order valence-corrected chi connectivity index (χ1v) is 13.6. The van der Waals surface area contributed by atoms with E-state index < -0.39 is 10.0 Å². The highest BCUT2D eigenvalue weighted by Crippen LogP contribution is 2.23. The molecular formula is C26H35N3O4S. The molecule has 0 spiro atoms. The molecule has 2 aliphatic rings. The van der Waals surface area contributed by atoms with Crippen molar-refractivity contribution in [3.05, 3.63) is 59.7 Å². The number of anilines is 1. The number of morpholine rings is 1. The predicted molar refractivity (Wildman–Crippen MR) is 133 cm³/mol. The molecule has 8 heteroatoms. The van der Waals surface area contributed by atoms with Crippen molar-refractivity contribution in [3.8, 4) is 0 Å². The standard InChI is InChI=1S/C26H35N3O4S/c1-20-17-28(18-21(2)33-20)19-22-10-12-23(13-11-22)26(30)27-24-8-7-9-25(16-24)34(31,32)29-14-5-3-4-6-15-29/h7-13,16,20-21H,3-6,14-15,17-19H2,1-2H3,(H,27,30). The second-order valence-electron chi connectivity index (χ2n) is 9.45. The van der Waals surface area contributed by atoms with E-state index in [1.165, 1.54) is 0 Å². The largest absolute Gasteiger partial charge is 0.373 e. The van der Waals surface area contributed by atoms with Crippen molar-refractivity contribution in [2.24, 2.45) is 0 Å². The second kappa shape index (κ2) is 11.0. The molecule has 0 bridgehead atoms. The van der Waals surface area contributed by atoms with E-state index in [0.29, 0.717) is 24.3 Å². The molecule has 2 aromatic rings. The van der Waals surface area contributed by atoms with Gasteiger partial charge in [-0.1, -0.05) is 31.0 Å². The Bertz CT molecular complexity index is 1070. The highest BCUT2D eigenvalue weighted by Gasteiger charge is 2.25. The summed E-state index contributed by atoms with van der Waals surface area (Å²) in [6.45, 7) is 7.87. The van der Waals surface area contributed by atoms with Gasteiger partial charge >= 0.3 is 0 Å². The molecule has 2 fully saturated rings. The van der Waals surface area contributed by atoms with Gasteiger partial charge in [0.15, 0.2) is 0 Å². The van der Waals surface area contributed by atoms with E-state index in [2.05, 4.69) is 24.1 Å². The van der Waals surface area contributed by atoms with Gasteiger partial charge in [0, 0.05) is 44.0 Å². The summed E-state index contributed by atoms with van der Waals surface area (Å²) in [6.07, 6.45) is 4.32. The SMILES string of the molecule is CC1CN(Cc2ccc(C(=O)Nc3cccc(S(=O)(=O)N4CCCCCC4)c3)cc2)CC(C)O1. The predicted octanol–water partition coefficient (Wildman–Crippen LogP) is 4.11. The van der Waals surface area contributed by atoms with Crippen LogP contribution in [0.5, 0.6) is 0 Å². The fraction of sp³-hybridized carbons (Fsp3) is 0.500. The fourth-order valence-corrected chi connectivity index (χ4v) is 6.37. The molecule has 0 radical (unpaired) electrons. The summed E-state index contributed by atoms with van der Waals surface area (Å²) in [7, 11) is -3.57. The molecule has 184 valence electrons. The maximum atomic E-state index is 13.1. The molecule has 7 nitrogen and oxygen atoms in total. The fourth-order valence-electron chi connectivity index (χ4n) is 4.80. The van der Waals surface area contributed by atoms with Crippen LogP contribution in [0.4, 0.5) is 5.69 Å². The van der Waals surface area contributed by atoms with Crippen LogP contribution in [0.2, 0.25) is 0 Å². The van der Waals surface area contributed by atoms with Crippen molar-refractivity contribution in [2.75, 3.05) is 31.5 Å². The van der Waals surface area contributed by atoms with Gasteiger partial charge in [0.2, 0.25) is 10.0 Å². The van der Waals surface area contributed by atoms with Gasteiger partial charge in [0.1, 0.15) is 0 Å². The molecule has 1 N–H and O–H groups in total. The normalized spacial score (nSPS) is 22.8. The van der Waals surface area contributed by atoms with Gasteiger partial charge in [0.25, 0.3) is 5.91 Å². The van der Waals surface area contributed by atoms with Gasteiger partial charge in [-0.2, -0.15) is 4.31 Å². The van der Waals surface area contributed by atoms with Crippen LogP contribution in [-0.4, -0.2) is 61.9 Å². The highest BCUT2D eigenvalue weighted by molar-refractivity contribution is 7.89. The Balaban J connectivity index is 1.40. The van der Waals surface area contributed by atoms with Crippen LogP contribution >= 0.6 is 0 Å². The van der Waals surface area contributed by atoms with Crippen molar-refractivity contribution in [1.29, 1.82) is 0 Å². The summed E-state index contributed by atoms with van der Waals surface area (Å²) in [5, 5.41) is 2.85. The number of nitrogens with one attached hydrogen (secondary N) is 1. The zero-order valence-corrected chi connectivity index (χ0v) is 20.9. The van der Waals surface area contributed by atoms with Crippen LogP contribution in [0.1, 0.15) is 55.5 Å². The van der Waals surface area contributed by atoms with Crippen LogP contribution in [0.25, 0.3) is 0 Å². The molecule has 2 aromatic carbocycles. The summed E-state index contributed by atoms with van der Waals surface area (Å²) in [5.74, 6) is -0.260. The van der Waals surface area contributed by atoms with Crippen LogP contribution in [0, 0.1) is 0 Å². The van der Waals surface area contributed by atoms with E-state index in [9.17, 15) is 13.2 Å². The van der Waals surface area contributed by atoms with Crippen LogP contribution in [0.15, 0.2) is 53.4 Å². The first-order valence-electron chi connectivity index (χ1n) is 12.2. The number of sulfonamides is 1. The summed E-state index contributed by atoms with van der Waals surface area (Å²) < 4.78 is 33.5. The molecule has 2 unspecified atom stereocenters. The second-order valence-corrected chi connectivity index (χ2v) is 11.4. The maximum Gasteiger partial charge on any atom is 0.255 e. The lowest BCUT2D eigenvalue weighted by Crippen LogP contribution is -2.44. The molecule has 2 heterocycles. The first kappa shape index (κ1) is 24.9. The average Bonchev–Trinajstić information content (AvgIpc) is 3.09. The quantitative estimate of drug-likeness (QED) is 0.666. The Morgan fingerprint density at radius 3 is 2.26 bits per heavy atom. The van der Waals surface area contributed by atoms with Crippen LogP contribution < -0.4 is 5.32 Å². The number of carbonyl (C=O) groups is 1. The molecule has 34 heavy (non-hydrogen) atoms. The number of ether oxygens (including phenoxy) is 1. The summed E-state index contributed by atoms with van der Waals surface area (Å²) >= 11 is 0. The van der Waals surface area contributed by atoms with Crippen LogP contribution in [-0.2, 0) is 21.3 Å². The zero-order valence-electron chi connectivity index (χ0n) is 20.1. The lowest BCUT2D eigenvalue weighted by molar-refractivity contribution is -0.0704. The van der Waals surface area contributed by atoms with Crippen molar-refractivity contribution in [3.63, 3.8) is 0 Å². The summed E-state index contributed by atoms with van der Waals surface area (Å²) in [4.78, 5) is 15.4. The number of hydrogen-bond donors (Lipinski definition) is 1. The summed E-state index contributed by atoms with van der Waals surface area (Å²) in [5.41, 5.74) is 2.15. The topological polar surface area (TPSA) is 79.0 Å². The lowest BCUT2D eigenvalue weighted by Gasteiger charge is -2.35. The molecule has 0 saturated carbocycles. The number of carbonyl (C=O) groups excluding carboxylic acids is 1. The van der Waals surface area contributed by atoms with Gasteiger partial charge in [-0.05, 0) is 62.6 Å². The minimum absolute atomic E-state index is 0.215. The van der Waals surface area contributed by atoms with Gasteiger partial charge < -0.3 is 10.1 Å². The van der Waals surface area contributed by atoms with E-state index in [1.54, 1.807) is 28.6 Å². The minimum Gasteiger partial charge on any atom is -0.373 e. The average molecular weight is 486 g/mol. The molecule has 2 atom stereocenters. The van der Waals surface area contributed by atoms with E-state index in [4.69, 9.17) is 4.74 Å². The summed E-state index contributed by atoms with van der Waals surface area (Å²) in [6, 6.07) is 14.1. The smallest absolute Gasteiger partial charge is 0.255 e. The number of amides is 1. The molecule has 2 saturated heterocycles. The Hall–Kier alpha value is -2.26. The van der Waals surface area contributed by atoms with Crippen molar-refractivity contribution in [2.45, 2.75) is 63.2 Å². The zero-order chi connectivity index (χ0) is 24.1. The Labute approximate surface area is 203 Å². The van der Waals surface area contributed by atoms with Gasteiger partial charge in [-0.25, -0.2) is 8.42 Å². The van der Waals surface area contributed by atoms with E-state index in [1.807, 2.05) is 24.3 Å². The number of benzene rings is 2.